The predicted molar refractivity (Wildman–Crippen MR) is 80.0 cm³/mol. The molecule has 0 aliphatic carbocycles. The second-order valence-corrected chi connectivity index (χ2v) is 4.95. The van der Waals surface area contributed by atoms with E-state index >= 15 is 0 Å². The zero-order valence-corrected chi connectivity index (χ0v) is 12.5. The maximum Gasteiger partial charge on any atom is 0.146 e. The number of aliphatic hydroxyl groups excluding tert-OH is 1. The molecule has 1 aromatic carbocycles. The van der Waals surface area contributed by atoms with Gasteiger partial charge in [0.05, 0.1) is 6.54 Å². The highest BCUT2D eigenvalue weighted by Gasteiger charge is 2.07. The second kappa shape index (κ2) is 7.75. The molecule has 1 aromatic heterocycles. The van der Waals surface area contributed by atoms with Crippen molar-refractivity contribution in [2.45, 2.75) is 26.0 Å². The van der Waals surface area contributed by atoms with Crippen LogP contribution >= 0.6 is 0 Å². The van der Waals surface area contributed by atoms with Gasteiger partial charge in [-0.1, -0.05) is 19.1 Å². The van der Waals surface area contributed by atoms with E-state index < -0.39 is 6.10 Å². The number of nitrogens with zero attached hydrogens (tertiary/aromatic N) is 3. The van der Waals surface area contributed by atoms with E-state index in [0.29, 0.717) is 13.1 Å². The minimum Gasteiger partial charge on any atom is -0.491 e. The van der Waals surface area contributed by atoms with Crippen LogP contribution in [0, 0.1) is 0 Å². The molecule has 1 atom stereocenters. The number of rotatable bonds is 8. The molecule has 0 amide bonds. The zero-order valence-electron chi connectivity index (χ0n) is 12.5. The van der Waals surface area contributed by atoms with Crippen molar-refractivity contribution in [1.82, 2.24) is 20.1 Å². The monoisotopic (exact) mass is 290 g/mol. The number of hydrogen-bond acceptors (Lipinski definition) is 5. The highest BCUT2D eigenvalue weighted by molar-refractivity contribution is 5.28. The fraction of sp³-hybridized carbons (Fsp3) is 0.467. The Labute approximate surface area is 124 Å². The summed E-state index contributed by atoms with van der Waals surface area (Å²) in [4.78, 5) is 0. The number of benzene rings is 1. The van der Waals surface area contributed by atoms with Gasteiger partial charge in [-0.3, -0.25) is 0 Å². The van der Waals surface area contributed by atoms with Gasteiger partial charge >= 0.3 is 0 Å². The lowest BCUT2D eigenvalue weighted by atomic mass is 10.2. The lowest BCUT2D eigenvalue weighted by Gasteiger charge is -2.13. The first-order valence-corrected chi connectivity index (χ1v) is 7.12. The fourth-order valence-electron chi connectivity index (χ4n) is 1.92. The Hall–Kier alpha value is -1.92. The Morgan fingerprint density at radius 3 is 3.00 bits per heavy atom. The van der Waals surface area contributed by atoms with Crippen LogP contribution in [0.25, 0.3) is 0 Å². The molecule has 0 saturated heterocycles. The van der Waals surface area contributed by atoms with Crippen LogP contribution in [0.1, 0.15) is 18.3 Å². The lowest BCUT2D eigenvalue weighted by molar-refractivity contribution is 0.106. The normalized spacial score (nSPS) is 12.3. The molecule has 0 saturated carbocycles. The SMILES string of the molecule is CCc1cccc(OCC(O)CNCc2nncn2C)c1. The number of aryl methyl sites for hydroxylation is 2. The van der Waals surface area contributed by atoms with Gasteiger partial charge in [0.25, 0.3) is 0 Å². The summed E-state index contributed by atoms with van der Waals surface area (Å²) in [6, 6.07) is 7.93. The Bertz CT molecular complexity index is 556. The molecule has 0 fully saturated rings. The second-order valence-electron chi connectivity index (χ2n) is 4.95. The number of ether oxygens (including phenoxy) is 1. The summed E-state index contributed by atoms with van der Waals surface area (Å²) in [5.41, 5.74) is 1.22. The standard InChI is InChI=1S/C15H22N4O2/c1-3-12-5-4-6-14(7-12)21-10-13(20)8-16-9-15-18-17-11-19(15)2/h4-7,11,13,16,20H,3,8-10H2,1-2H3. The van der Waals surface area contributed by atoms with Crippen LogP contribution < -0.4 is 10.1 Å². The quantitative estimate of drug-likeness (QED) is 0.756. The first-order valence-electron chi connectivity index (χ1n) is 7.12. The Balaban J connectivity index is 1.69. The molecule has 1 heterocycles. The molecule has 2 aromatic rings. The van der Waals surface area contributed by atoms with E-state index in [-0.39, 0.29) is 6.61 Å². The van der Waals surface area contributed by atoms with Gasteiger partial charge in [0, 0.05) is 13.6 Å². The Morgan fingerprint density at radius 2 is 2.29 bits per heavy atom. The molecular weight excluding hydrogens is 268 g/mol. The van der Waals surface area contributed by atoms with Crippen LogP contribution in [-0.2, 0) is 20.0 Å². The Kier molecular flexibility index (Phi) is 5.71. The topological polar surface area (TPSA) is 72.2 Å². The first kappa shape index (κ1) is 15.5. The van der Waals surface area contributed by atoms with E-state index in [0.717, 1.165) is 18.0 Å². The number of aromatic nitrogens is 3. The van der Waals surface area contributed by atoms with E-state index in [4.69, 9.17) is 4.74 Å². The van der Waals surface area contributed by atoms with Crippen LogP contribution in [0.4, 0.5) is 0 Å². The third-order valence-corrected chi connectivity index (χ3v) is 3.22. The smallest absolute Gasteiger partial charge is 0.146 e. The molecule has 0 radical (unpaired) electrons. The van der Waals surface area contributed by atoms with E-state index in [2.05, 4.69) is 28.5 Å². The van der Waals surface area contributed by atoms with E-state index in [1.54, 1.807) is 6.33 Å². The molecule has 0 aliphatic heterocycles. The summed E-state index contributed by atoms with van der Waals surface area (Å²) >= 11 is 0. The molecule has 114 valence electrons. The molecule has 2 rings (SSSR count). The van der Waals surface area contributed by atoms with Crippen molar-refractivity contribution >= 4 is 0 Å². The molecule has 0 aliphatic rings. The third kappa shape index (κ3) is 4.84. The van der Waals surface area contributed by atoms with Gasteiger partial charge < -0.3 is 19.7 Å². The van der Waals surface area contributed by atoms with Crippen LogP contribution in [0.2, 0.25) is 0 Å². The molecule has 0 bridgehead atoms. The maximum atomic E-state index is 9.90. The summed E-state index contributed by atoms with van der Waals surface area (Å²) in [6.07, 6.45) is 2.06. The van der Waals surface area contributed by atoms with Crippen molar-refractivity contribution < 1.29 is 9.84 Å². The van der Waals surface area contributed by atoms with E-state index in [1.165, 1.54) is 5.56 Å². The number of aliphatic hydroxyl groups is 1. The Morgan fingerprint density at radius 1 is 1.43 bits per heavy atom. The average molecular weight is 290 g/mol. The third-order valence-electron chi connectivity index (χ3n) is 3.22. The summed E-state index contributed by atoms with van der Waals surface area (Å²) < 4.78 is 7.44. The van der Waals surface area contributed by atoms with Crippen LogP contribution in [0.15, 0.2) is 30.6 Å². The van der Waals surface area contributed by atoms with Crippen LogP contribution in [0.5, 0.6) is 5.75 Å². The van der Waals surface area contributed by atoms with Crippen LogP contribution in [0.3, 0.4) is 0 Å². The maximum absolute atomic E-state index is 9.90. The molecular formula is C15H22N4O2. The predicted octanol–water partition coefficient (Wildman–Crippen LogP) is 0.907. The van der Waals surface area contributed by atoms with Crippen molar-refractivity contribution in [1.29, 1.82) is 0 Å². The van der Waals surface area contributed by atoms with Crippen molar-refractivity contribution in [3.63, 3.8) is 0 Å². The molecule has 2 N–H and O–H groups in total. The molecule has 1 unspecified atom stereocenters. The number of nitrogens with one attached hydrogen (secondary N) is 1. The highest BCUT2D eigenvalue weighted by Crippen LogP contribution is 2.13. The molecule has 6 nitrogen and oxygen atoms in total. The van der Waals surface area contributed by atoms with E-state index in [1.807, 2.05) is 29.8 Å². The van der Waals surface area contributed by atoms with Crippen molar-refractivity contribution in [3.8, 4) is 5.75 Å². The van der Waals surface area contributed by atoms with Gasteiger partial charge in [-0.15, -0.1) is 10.2 Å². The van der Waals surface area contributed by atoms with Gasteiger partial charge in [0.2, 0.25) is 0 Å². The van der Waals surface area contributed by atoms with Gasteiger partial charge in [-0.25, -0.2) is 0 Å². The van der Waals surface area contributed by atoms with Gasteiger partial charge in [0.15, 0.2) is 0 Å². The van der Waals surface area contributed by atoms with Crippen molar-refractivity contribution in [3.05, 3.63) is 42.0 Å². The summed E-state index contributed by atoms with van der Waals surface area (Å²) in [5, 5.41) is 20.8. The molecule has 6 heteroatoms. The minimum absolute atomic E-state index is 0.263. The van der Waals surface area contributed by atoms with Gasteiger partial charge in [-0.2, -0.15) is 0 Å². The van der Waals surface area contributed by atoms with Crippen molar-refractivity contribution in [2.24, 2.45) is 7.05 Å². The zero-order chi connectivity index (χ0) is 15.1. The van der Waals surface area contributed by atoms with Crippen molar-refractivity contribution in [2.75, 3.05) is 13.2 Å². The van der Waals surface area contributed by atoms with E-state index in [9.17, 15) is 5.11 Å². The number of hydrogen-bond donors (Lipinski definition) is 2. The largest absolute Gasteiger partial charge is 0.491 e. The minimum atomic E-state index is -0.566. The average Bonchev–Trinajstić information content (AvgIpc) is 2.91. The van der Waals surface area contributed by atoms with Gasteiger partial charge in [-0.05, 0) is 24.1 Å². The lowest BCUT2D eigenvalue weighted by Crippen LogP contribution is -2.31. The summed E-state index contributed by atoms with van der Waals surface area (Å²) in [5.74, 6) is 1.63. The summed E-state index contributed by atoms with van der Waals surface area (Å²) in [7, 11) is 1.89. The summed E-state index contributed by atoms with van der Waals surface area (Å²) in [6.45, 7) is 3.38. The fourth-order valence-corrected chi connectivity index (χ4v) is 1.92. The first-order chi connectivity index (χ1) is 10.2. The van der Waals surface area contributed by atoms with Gasteiger partial charge in [0.1, 0.15) is 30.6 Å². The highest BCUT2D eigenvalue weighted by atomic mass is 16.5. The molecule has 0 spiro atoms. The van der Waals surface area contributed by atoms with Crippen LogP contribution in [-0.4, -0.2) is 39.1 Å². The molecule has 21 heavy (non-hydrogen) atoms.